The number of likely N-dealkylation sites (tertiary alicyclic amines) is 1. The summed E-state index contributed by atoms with van der Waals surface area (Å²) in [5.41, 5.74) is 0.673. The third-order valence-corrected chi connectivity index (χ3v) is 5.57. The van der Waals surface area contributed by atoms with Crippen molar-refractivity contribution in [2.45, 2.75) is 50.1 Å². The molecule has 3 fully saturated rings. The second-order valence-electron chi connectivity index (χ2n) is 6.98. The first kappa shape index (κ1) is 14.7. The molecule has 23 heavy (non-hydrogen) atoms. The predicted molar refractivity (Wildman–Crippen MR) is 86.6 cm³/mol. The van der Waals surface area contributed by atoms with E-state index >= 15 is 0 Å². The third kappa shape index (κ3) is 2.43. The van der Waals surface area contributed by atoms with E-state index in [0.29, 0.717) is 12.7 Å². The Labute approximate surface area is 136 Å². The fourth-order valence-corrected chi connectivity index (χ4v) is 4.35. The number of nitrogens with one attached hydrogen (secondary N) is 1. The monoisotopic (exact) mass is 313 g/mol. The smallest absolute Gasteiger partial charge is 0.323 e. The molecule has 1 N–H and O–H groups in total. The summed E-state index contributed by atoms with van der Waals surface area (Å²) in [7, 11) is 0. The highest BCUT2D eigenvalue weighted by molar-refractivity contribution is 6.07. The van der Waals surface area contributed by atoms with Gasteiger partial charge in [0.2, 0.25) is 0 Å². The number of nitrogens with zero attached hydrogens (tertiary/aromatic N) is 2. The van der Waals surface area contributed by atoms with Gasteiger partial charge >= 0.3 is 6.03 Å². The standard InChI is InChI=1S/C18H23N3O2/c22-16-18(10-4-5-11-18)19-17(23)21(16)13-20-12-6-9-15(20)14-7-2-1-3-8-14/h1-3,7-8,15H,4-6,9-13H2,(H,19,23). The zero-order valence-corrected chi connectivity index (χ0v) is 13.3. The maximum absolute atomic E-state index is 12.8. The molecule has 2 heterocycles. The fraction of sp³-hybridized carbons (Fsp3) is 0.556. The topological polar surface area (TPSA) is 52.7 Å². The number of hydrogen-bond donors (Lipinski definition) is 1. The maximum Gasteiger partial charge on any atom is 0.326 e. The first-order valence-corrected chi connectivity index (χ1v) is 8.63. The molecule has 4 rings (SSSR count). The SMILES string of the molecule is O=C1NC2(CCCC2)C(=O)N1CN1CCCC1c1ccccc1. The lowest BCUT2D eigenvalue weighted by Crippen LogP contribution is -2.45. The van der Waals surface area contributed by atoms with Gasteiger partial charge in [0.05, 0.1) is 6.67 Å². The van der Waals surface area contributed by atoms with Crippen LogP contribution >= 0.6 is 0 Å². The molecule has 122 valence electrons. The van der Waals surface area contributed by atoms with Gasteiger partial charge in [0.25, 0.3) is 5.91 Å². The van der Waals surface area contributed by atoms with Crippen LogP contribution in [0.15, 0.2) is 30.3 Å². The summed E-state index contributed by atoms with van der Waals surface area (Å²) in [6.07, 6.45) is 5.81. The van der Waals surface area contributed by atoms with Crippen molar-refractivity contribution in [1.29, 1.82) is 0 Å². The Morgan fingerprint density at radius 2 is 1.83 bits per heavy atom. The lowest BCUT2D eigenvalue weighted by Gasteiger charge is -2.28. The van der Waals surface area contributed by atoms with Crippen molar-refractivity contribution < 1.29 is 9.59 Å². The predicted octanol–water partition coefficient (Wildman–Crippen LogP) is 2.65. The fourth-order valence-electron chi connectivity index (χ4n) is 4.35. The molecule has 1 spiro atoms. The minimum Gasteiger partial charge on any atom is -0.323 e. The second kappa shape index (κ2) is 5.64. The normalized spacial score (nSPS) is 27.1. The summed E-state index contributed by atoms with van der Waals surface area (Å²) in [5.74, 6) is -0.0151. The van der Waals surface area contributed by atoms with Crippen LogP contribution in [0, 0.1) is 0 Å². The minimum atomic E-state index is -0.598. The first-order chi connectivity index (χ1) is 11.2. The Bertz CT molecular complexity index is 610. The molecule has 0 aromatic heterocycles. The molecule has 0 bridgehead atoms. The van der Waals surface area contributed by atoms with Gasteiger partial charge in [-0.3, -0.25) is 9.69 Å². The van der Waals surface area contributed by atoms with E-state index in [1.54, 1.807) is 0 Å². The van der Waals surface area contributed by atoms with Gasteiger partial charge in [-0.05, 0) is 31.2 Å². The highest BCUT2D eigenvalue weighted by Gasteiger charge is 2.52. The van der Waals surface area contributed by atoms with Crippen molar-refractivity contribution in [1.82, 2.24) is 15.1 Å². The van der Waals surface area contributed by atoms with E-state index in [2.05, 4.69) is 22.3 Å². The summed E-state index contributed by atoms with van der Waals surface area (Å²) >= 11 is 0. The second-order valence-corrected chi connectivity index (χ2v) is 6.98. The Kier molecular flexibility index (Phi) is 3.60. The van der Waals surface area contributed by atoms with Gasteiger partial charge in [0.1, 0.15) is 5.54 Å². The number of carbonyl (C=O) groups is 2. The lowest BCUT2D eigenvalue weighted by molar-refractivity contribution is -0.132. The van der Waals surface area contributed by atoms with Gasteiger partial charge in [-0.1, -0.05) is 43.2 Å². The Morgan fingerprint density at radius 3 is 2.57 bits per heavy atom. The van der Waals surface area contributed by atoms with Crippen molar-refractivity contribution in [2.24, 2.45) is 0 Å². The lowest BCUT2D eigenvalue weighted by atomic mass is 9.98. The van der Waals surface area contributed by atoms with Gasteiger partial charge in [-0.2, -0.15) is 0 Å². The molecule has 2 aliphatic heterocycles. The van der Waals surface area contributed by atoms with Crippen molar-refractivity contribution in [3.05, 3.63) is 35.9 Å². The molecular formula is C18H23N3O2. The van der Waals surface area contributed by atoms with E-state index in [1.165, 1.54) is 10.5 Å². The van der Waals surface area contributed by atoms with Crippen molar-refractivity contribution >= 4 is 11.9 Å². The number of carbonyl (C=O) groups excluding carboxylic acids is 2. The summed E-state index contributed by atoms with van der Waals surface area (Å²) in [5, 5.41) is 2.97. The van der Waals surface area contributed by atoms with E-state index < -0.39 is 5.54 Å². The zero-order chi connectivity index (χ0) is 15.9. The molecule has 0 radical (unpaired) electrons. The van der Waals surface area contributed by atoms with E-state index in [-0.39, 0.29) is 11.9 Å². The van der Waals surface area contributed by atoms with E-state index in [0.717, 1.165) is 45.1 Å². The van der Waals surface area contributed by atoms with Crippen LogP contribution in [0.1, 0.15) is 50.1 Å². The van der Waals surface area contributed by atoms with E-state index in [9.17, 15) is 9.59 Å². The highest BCUT2D eigenvalue weighted by Crippen LogP contribution is 2.37. The van der Waals surface area contributed by atoms with Crippen molar-refractivity contribution in [2.75, 3.05) is 13.2 Å². The van der Waals surface area contributed by atoms with Crippen LogP contribution in [-0.4, -0.2) is 40.5 Å². The van der Waals surface area contributed by atoms with Crippen LogP contribution < -0.4 is 5.32 Å². The van der Waals surface area contributed by atoms with Crippen LogP contribution in [0.2, 0.25) is 0 Å². The molecule has 1 aliphatic carbocycles. The number of benzene rings is 1. The first-order valence-electron chi connectivity index (χ1n) is 8.63. The molecule has 1 aromatic carbocycles. The molecule has 1 saturated carbocycles. The number of amides is 3. The summed E-state index contributed by atoms with van der Waals surface area (Å²) in [6.45, 7) is 1.34. The molecule has 5 heteroatoms. The number of urea groups is 1. The average molecular weight is 313 g/mol. The van der Waals surface area contributed by atoms with Gasteiger partial charge in [0, 0.05) is 12.6 Å². The minimum absolute atomic E-state index is 0.0151. The van der Waals surface area contributed by atoms with E-state index in [4.69, 9.17) is 0 Å². The van der Waals surface area contributed by atoms with Gasteiger partial charge < -0.3 is 5.32 Å². The molecule has 5 nitrogen and oxygen atoms in total. The number of imide groups is 1. The van der Waals surface area contributed by atoms with Crippen molar-refractivity contribution in [3.63, 3.8) is 0 Å². The molecule has 1 unspecified atom stereocenters. The van der Waals surface area contributed by atoms with Crippen LogP contribution in [0.4, 0.5) is 4.79 Å². The number of hydrogen-bond acceptors (Lipinski definition) is 3. The van der Waals surface area contributed by atoms with Crippen LogP contribution in [0.5, 0.6) is 0 Å². The summed E-state index contributed by atoms with van der Waals surface area (Å²) < 4.78 is 0. The van der Waals surface area contributed by atoms with E-state index in [1.807, 2.05) is 18.2 Å². The van der Waals surface area contributed by atoms with Gasteiger partial charge in [-0.15, -0.1) is 0 Å². The van der Waals surface area contributed by atoms with Gasteiger partial charge in [0.15, 0.2) is 0 Å². The van der Waals surface area contributed by atoms with Gasteiger partial charge in [-0.25, -0.2) is 9.69 Å². The van der Waals surface area contributed by atoms with Crippen molar-refractivity contribution in [3.8, 4) is 0 Å². The average Bonchev–Trinajstić information content (AvgIpc) is 3.26. The molecule has 3 aliphatic rings. The summed E-state index contributed by atoms with van der Waals surface area (Å²) in [4.78, 5) is 28.8. The molecule has 1 aromatic rings. The van der Waals surface area contributed by atoms with Crippen LogP contribution in [0.3, 0.4) is 0 Å². The van der Waals surface area contributed by atoms with Crippen LogP contribution in [0.25, 0.3) is 0 Å². The molecular weight excluding hydrogens is 290 g/mol. The Balaban J connectivity index is 1.51. The zero-order valence-electron chi connectivity index (χ0n) is 13.3. The highest BCUT2D eigenvalue weighted by atomic mass is 16.2. The molecule has 1 atom stereocenters. The Morgan fingerprint density at radius 1 is 1.09 bits per heavy atom. The summed E-state index contributed by atoms with van der Waals surface area (Å²) in [6, 6.07) is 10.5. The quantitative estimate of drug-likeness (QED) is 0.873. The third-order valence-electron chi connectivity index (χ3n) is 5.57. The van der Waals surface area contributed by atoms with Crippen LogP contribution in [-0.2, 0) is 4.79 Å². The maximum atomic E-state index is 12.8. The number of rotatable bonds is 3. The Hall–Kier alpha value is -1.88. The largest absolute Gasteiger partial charge is 0.326 e. The molecule has 2 saturated heterocycles. The molecule has 3 amide bonds.